The van der Waals surface area contributed by atoms with E-state index >= 15 is 0 Å². The van der Waals surface area contributed by atoms with Gasteiger partial charge in [0.2, 0.25) is 0 Å². The van der Waals surface area contributed by atoms with Crippen molar-refractivity contribution in [1.29, 1.82) is 0 Å². The fourth-order valence-corrected chi connectivity index (χ4v) is 2.68. The lowest BCUT2D eigenvalue weighted by Crippen LogP contribution is -2.42. The van der Waals surface area contributed by atoms with Crippen molar-refractivity contribution in [3.63, 3.8) is 0 Å². The molecule has 23 heavy (non-hydrogen) atoms. The molecule has 1 aliphatic heterocycles. The molecular weight excluding hydrogens is 290 g/mol. The maximum atomic E-state index is 10.4. The molecule has 0 aliphatic carbocycles. The highest BCUT2D eigenvalue weighted by molar-refractivity contribution is 5.80. The molecule has 2 rings (SSSR count). The smallest absolute Gasteiger partial charge is 0.191 e. The molecule has 5 heteroatoms. The van der Waals surface area contributed by atoms with E-state index in [2.05, 4.69) is 21.7 Å². The number of nitrogens with zero attached hydrogens (tertiary/aromatic N) is 1. The van der Waals surface area contributed by atoms with Crippen LogP contribution in [0.1, 0.15) is 51.6 Å². The van der Waals surface area contributed by atoms with Crippen LogP contribution >= 0.6 is 0 Å². The molecule has 0 bridgehead atoms. The van der Waals surface area contributed by atoms with Crippen LogP contribution in [0.15, 0.2) is 29.3 Å². The van der Waals surface area contributed by atoms with Gasteiger partial charge in [0, 0.05) is 18.5 Å². The molecule has 0 spiro atoms. The zero-order chi connectivity index (χ0) is 16.7. The van der Waals surface area contributed by atoms with E-state index in [9.17, 15) is 5.11 Å². The molecule has 1 aromatic rings. The summed E-state index contributed by atoms with van der Waals surface area (Å²) in [4.78, 5) is 4.60. The van der Waals surface area contributed by atoms with Gasteiger partial charge in [0.15, 0.2) is 5.96 Å². The van der Waals surface area contributed by atoms with Gasteiger partial charge in [-0.25, -0.2) is 0 Å². The first-order valence-electron chi connectivity index (χ1n) is 8.60. The molecule has 5 nitrogen and oxygen atoms in total. The maximum absolute atomic E-state index is 10.4. The lowest BCUT2D eigenvalue weighted by atomic mass is 9.98. The van der Waals surface area contributed by atoms with Gasteiger partial charge >= 0.3 is 0 Å². The molecule has 0 saturated carbocycles. The number of ether oxygens (including phenoxy) is 1. The zero-order valence-electron chi connectivity index (χ0n) is 14.4. The monoisotopic (exact) mass is 319 g/mol. The third-order valence-corrected chi connectivity index (χ3v) is 4.46. The van der Waals surface area contributed by atoms with Crippen LogP contribution in [0.5, 0.6) is 5.75 Å². The van der Waals surface area contributed by atoms with Crippen molar-refractivity contribution in [2.45, 2.75) is 51.7 Å². The van der Waals surface area contributed by atoms with E-state index in [0.29, 0.717) is 26.0 Å². The van der Waals surface area contributed by atoms with Crippen molar-refractivity contribution in [1.82, 2.24) is 10.6 Å². The summed E-state index contributed by atoms with van der Waals surface area (Å²) in [6.45, 7) is 7.92. The van der Waals surface area contributed by atoms with Crippen molar-refractivity contribution in [3.05, 3.63) is 29.8 Å². The number of hydrogen-bond acceptors (Lipinski definition) is 3. The molecule has 1 aromatic carbocycles. The normalized spacial score (nSPS) is 18.1. The molecule has 0 fully saturated rings. The zero-order valence-corrected chi connectivity index (χ0v) is 14.4. The number of aliphatic imine (C=N–C) groups is 1. The lowest BCUT2D eigenvalue weighted by Gasteiger charge is -2.29. The summed E-state index contributed by atoms with van der Waals surface area (Å²) in [7, 11) is 0. The molecule has 0 aromatic heterocycles. The summed E-state index contributed by atoms with van der Waals surface area (Å²) in [5.74, 6) is 1.68. The summed E-state index contributed by atoms with van der Waals surface area (Å²) >= 11 is 0. The standard InChI is InChI=1S/C18H29N3O2/c1-4-18(22,5-2)13-20-17(19-6-3)21-15-11-12-23-16-10-8-7-9-14(15)16/h7-10,15,22H,4-6,11-13H2,1-3H3,(H2,19,20,21). The van der Waals surface area contributed by atoms with E-state index in [1.54, 1.807) is 0 Å². The number of benzene rings is 1. The molecular formula is C18H29N3O2. The van der Waals surface area contributed by atoms with Crippen LogP contribution in [-0.2, 0) is 0 Å². The SMILES string of the molecule is CCNC(=NCC(O)(CC)CC)NC1CCOc2ccccc21. The Bertz CT molecular complexity index is 527. The third-order valence-electron chi connectivity index (χ3n) is 4.46. The number of rotatable bonds is 6. The van der Waals surface area contributed by atoms with E-state index in [-0.39, 0.29) is 6.04 Å². The summed E-state index contributed by atoms with van der Waals surface area (Å²) in [5, 5.41) is 17.2. The van der Waals surface area contributed by atoms with E-state index in [0.717, 1.165) is 30.2 Å². The fraction of sp³-hybridized carbons (Fsp3) is 0.611. The van der Waals surface area contributed by atoms with Crippen LogP contribution < -0.4 is 15.4 Å². The molecule has 3 N–H and O–H groups in total. The molecule has 1 unspecified atom stereocenters. The van der Waals surface area contributed by atoms with Gasteiger partial charge < -0.3 is 20.5 Å². The van der Waals surface area contributed by atoms with Gasteiger partial charge in [-0.05, 0) is 25.8 Å². The van der Waals surface area contributed by atoms with Gasteiger partial charge in [-0.1, -0.05) is 32.0 Å². The minimum absolute atomic E-state index is 0.175. The van der Waals surface area contributed by atoms with Gasteiger partial charge in [-0.15, -0.1) is 0 Å². The van der Waals surface area contributed by atoms with Crippen LogP contribution in [0.25, 0.3) is 0 Å². The first-order valence-corrected chi connectivity index (χ1v) is 8.60. The lowest BCUT2D eigenvalue weighted by molar-refractivity contribution is 0.0417. The average Bonchev–Trinajstić information content (AvgIpc) is 2.60. The third kappa shape index (κ3) is 4.61. The second kappa shape index (κ2) is 8.20. The van der Waals surface area contributed by atoms with Gasteiger partial charge in [0.1, 0.15) is 5.75 Å². The Morgan fingerprint density at radius 1 is 1.30 bits per heavy atom. The van der Waals surface area contributed by atoms with E-state index in [1.807, 2.05) is 39.0 Å². The number of guanidine groups is 1. The van der Waals surface area contributed by atoms with Crippen LogP contribution in [-0.4, -0.2) is 36.4 Å². The molecule has 0 amide bonds. The molecule has 0 saturated heterocycles. The Morgan fingerprint density at radius 3 is 2.74 bits per heavy atom. The highest BCUT2D eigenvalue weighted by Crippen LogP contribution is 2.31. The largest absolute Gasteiger partial charge is 0.493 e. The Labute approximate surface area is 139 Å². The summed E-state index contributed by atoms with van der Waals surface area (Å²) in [6.07, 6.45) is 2.30. The second-order valence-corrected chi connectivity index (χ2v) is 6.00. The van der Waals surface area contributed by atoms with Crippen LogP contribution in [0.2, 0.25) is 0 Å². The van der Waals surface area contributed by atoms with E-state index < -0.39 is 5.60 Å². The average molecular weight is 319 g/mol. The summed E-state index contributed by atoms with van der Waals surface area (Å²) in [6, 6.07) is 8.28. The number of para-hydroxylation sites is 1. The number of aliphatic hydroxyl groups is 1. The fourth-order valence-electron chi connectivity index (χ4n) is 2.68. The predicted molar refractivity (Wildman–Crippen MR) is 93.9 cm³/mol. The van der Waals surface area contributed by atoms with Gasteiger partial charge in [-0.3, -0.25) is 4.99 Å². The summed E-state index contributed by atoms with van der Waals surface area (Å²) < 4.78 is 5.70. The minimum Gasteiger partial charge on any atom is -0.493 e. The molecule has 1 aliphatic rings. The molecule has 0 radical (unpaired) electrons. The van der Waals surface area contributed by atoms with E-state index in [4.69, 9.17) is 4.74 Å². The Balaban J connectivity index is 2.11. The van der Waals surface area contributed by atoms with Gasteiger partial charge in [0.05, 0.1) is 24.8 Å². The highest BCUT2D eigenvalue weighted by atomic mass is 16.5. The Kier molecular flexibility index (Phi) is 6.28. The Morgan fingerprint density at radius 2 is 2.04 bits per heavy atom. The molecule has 1 heterocycles. The summed E-state index contributed by atoms with van der Waals surface area (Å²) in [5.41, 5.74) is 0.432. The van der Waals surface area contributed by atoms with Crippen LogP contribution in [0, 0.1) is 0 Å². The van der Waals surface area contributed by atoms with Gasteiger partial charge in [-0.2, -0.15) is 0 Å². The van der Waals surface area contributed by atoms with Crippen LogP contribution in [0.3, 0.4) is 0 Å². The number of nitrogens with one attached hydrogen (secondary N) is 2. The first kappa shape index (κ1) is 17.6. The van der Waals surface area contributed by atoms with Crippen LogP contribution in [0.4, 0.5) is 0 Å². The van der Waals surface area contributed by atoms with E-state index in [1.165, 1.54) is 0 Å². The molecule has 128 valence electrons. The second-order valence-electron chi connectivity index (χ2n) is 6.00. The first-order chi connectivity index (χ1) is 11.1. The van der Waals surface area contributed by atoms with Crippen molar-refractivity contribution >= 4 is 5.96 Å². The van der Waals surface area contributed by atoms with Crippen molar-refractivity contribution in [3.8, 4) is 5.75 Å². The topological polar surface area (TPSA) is 65.9 Å². The van der Waals surface area contributed by atoms with Crippen molar-refractivity contribution in [2.75, 3.05) is 19.7 Å². The highest BCUT2D eigenvalue weighted by Gasteiger charge is 2.24. The van der Waals surface area contributed by atoms with Crippen molar-refractivity contribution < 1.29 is 9.84 Å². The number of hydrogen-bond donors (Lipinski definition) is 3. The van der Waals surface area contributed by atoms with Gasteiger partial charge in [0.25, 0.3) is 0 Å². The van der Waals surface area contributed by atoms with Crippen molar-refractivity contribution in [2.24, 2.45) is 4.99 Å². The minimum atomic E-state index is -0.726. The quantitative estimate of drug-likeness (QED) is 0.557. The predicted octanol–water partition coefficient (Wildman–Crippen LogP) is 2.62. The number of fused-ring (bicyclic) bond motifs is 1. The molecule has 1 atom stereocenters. The maximum Gasteiger partial charge on any atom is 0.191 e. The Hall–Kier alpha value is -1.75.